The Hall–Kier alpha value is 1.14. The fourth-order valence-corrected chi connectivity index (χ4v) is 2.40. The van der Waals surface area contributed by atoms with Crippen molar-refractivity contribution >= 4 is 37.2 Å². The van der Waals surface area contributed by atoms with Gasteiger partial charge in [0.2, 0.25) is 0 Å². The molecule has 0 aromatic rings. The summed E-state index contributed by atoms with van der Waals surface area (Å²) in [6, 6.07) is 0. The molecule has 0 amide bonds. The normalized spacial score (nSPS) is 16.6. The van der Waals surface area contributed by atoms with Gasteiger partial charge in [0.1, 0.15) is 12.2 Å². The molecule has 0 aromatic heterocycles. The lowest BCUT2D eigenvalue weighted by atomic mass is 10.2. The standard InChI is InChI=1S/C12H26O4.C6H12O3.C6H14O.I2/c1-4-5-6-11(2)16-12(9-13)10-15-8-7-14-3;1-7-2-3-8-4-6-5-9-6;1-3-4-5-6(2)7;1-2/h11-13H,4-10H2,1-3H3;6H,2-5H2,1H3;6-7H,3-5H2,1-2H3;. The number of rotatable bonds is 19. The van der Waals surface area contributed by atoms with Gasteiger partial charge in [-0.1, -0.05) is 39.5 Å². The molecule has 210 valence electrons. The second-order valence-electron chi connectivity index (χ2n) is 7.98. The fraction of sp³-hybridized carbons (Fsp3) is 1.00. The summed E-state index contributed by atoms with van der Waals surface area (Å²) in [6.07, 6.45) is 6.89. The molecule has 1 rings (SSSR count). The van der Waals surface area contributed by atoms with Crippen molar-refractivity contribution in [1.29, 1.82) is 0 Å². The van der Waals surface area contributed by atoms with Gasteiger partial charge >= 0.3 is 0 Å². The molecule has 1 fully saturated rings. The molecular formula is C24H52I2O8. The Morgan fingerprint density at radius 2 is 1.44 bits per heavy atom. The molecule has 1 aliphatic heterocycles. The smallest absolute Gasteiger partial charge is 0.104 e. The zero-order valence-electron chi connectivity index (χ0n) is 22.3. The minimum Gasteiger partial charge on any atom is -0.394 e. The van der Waals surface area contributed by atoms with Crippen LogP contribution >= 0.6 is 37.2 Å². The second kappa shape index (κ2) is 34.1. The SMILES string of the molecule is CCCCC(C)O.CCCCC(C)OC(CO)COCCOC.COCCOCC1CO1.II. The van der Waals surface area contributed by atoms with Crippen molar-refractivity contribution in [2.45, 2.75) is 90.6 Å². The van der Waals surface area contributed by atoms with E-state index in [-0.39, 0.29) is 24.9 Å². The van der Waals surface area contributed by atoms with E-state index < -0.39 is 0 Å². The predicted octanol–water partition coefficient (Wildman–Crippen LogP) is 4.98. The minimum absolute atomic E-state index is 0.00342. The number of halogens is 2. The highest BCUT2D eigenvalue weighted by atomic mass is 128. The van der Waals surface area contributed by atoms with Crippen molar-refractivity contribution in [3.63, 3.8) is 0 Å². The molecule has 4 unspecified atom stereocenters. The molecule has 2 N–H and O–H groups in total. The Balaban J connectivity index is -0.000000449. The van der Waals surface area contributed by atoms with Gasteiger partial charge < -0.3 is 38.6 Å². The molecule has 0 spiro atoms. The van der Waals surface area contributed by atoms with Gasteiger partial charge in [-0.05, 0) is 26.7 Å². The zero-order chi connectivity index (χ0) is 26.5. The molecule has 8 nitrogen and oxygen atoms in total. The van der Waals surface area contributed by atoms with E-state index >= 15 is 0 Å². The van der Waals surface area contributed by atoms with Gasteiger partial charge in [0.25, 0.3) is 0 Å². The molecule has 0 aliphatic carbocycles. The van der Waals surface area contributed by atoms with Gasteiger partial charge in [0, 0.05) is 51.5 Å². The van der Waals surface area contributed by atoms with Crippen LogP contribution in [-0.4, -0.2) is 102 Å². The van der Waals surface area contributed by atoms with Crippen molar-refractivity contribution in [2.24, 2.45) is 0 Å². The molecule has 0 saturated carbocycles. The first-order chi connectivity index (χ1) is 16.4. The summed E-state index contributed by atoms with van der Waals surface area (Å²) in [5, 5.41) is 17.8. The maximum Gasteiger partial charge on any atom is 0.104 e. The summed E-state index contributed by atoms with van der Waals surface area (Å²) in [4.78, 5) is 0. The van der Waals surface area contributed by atoms with Crippen molar-refractivity contribution < 1.29 is 38.6 Å². The molecule has 1 aliphatic rings. The van der Waals surface area contributed by atoms with Gasteiger partial charge in [0.05, 0.1) is 65.1 Å². The van der Waals surface area contributed by atoms with Crippen molar-refractivity contribution in [3.8, 4) is 0 Å². The molecule has 0 aromatic carbocycles. The summed E-state index contributed by atoms with van der Waals surface area (Å²) in [5.41, 5.74) is 0. The Morgan fingerprint density at radius 3 is 1.85 bits per heavy atom. The quantitative estimate of drug-likeness (QED) is 0.110. The average molecular weight is 722 g/mol. The number of aliphatic hydroxyl groups excluding tert-OH is 2. The van der Waals surface area contributed by atoms with E-state index in [4.69, 9.17) is 38.6 Å². The third-order valence-corrected chi connectivity index (χ3v) is 4.44. The molecule has 4 atom stereocenters. The van der Waals surface area contributed by atoms with E-state index in [9.17, 15) is 0 Å². The first kappa shape index (κ1) is 39.6. The van der Waals surface area contributed by atoms with Gasteiger partial charge in [-0.15, -0.1) is 0 Å². The van der Waals surface area contributed by atoms with Crippen molar-refractivity contribution in [2.75, 3.05) is 67.1 Å². The Kier molecular flexibility index (Phi) is 39.8. The van der Waals surface area contributed by atoms with E-state index in [0.29, 0.717) is 39.1 Å². The highest BCUT2D eigenvalue weighted by molar-refractivity contribution is 15.0. The largest absolute Gasteiger partial charge is 0.394 e. The van der Waals surface area contributed by atoms with Gasteiger partial charge in [-0.25, -0.2) is 0 Å². The van der Waals surface area contributed by atoms with Crippen LogP contribution in [0.25, 0.3) is 0 Å². The third-order valence-electron chi connectivity index (χ3n) is 4.44. The number of hydrogen-bond donors (Lipinski definition) is 2. The average Bonchev–Trinajstić information content (AvgIpc) is 3.67. The minimum atomic E-state index is -0.219. The van der Waals surface area contributed by atoms with Crippen molar-refractivity contribution in [3.05, 3.63) is 0 Å². The molecule has 0 bridgehead atoms. The number of methoxy groups -OCH3 is 2. The number of ether oxygens (including phenoxy) is 6. The highest BCUT2D eigenvalue weighted by Gasteiger charge is 2.21. The monoisotopic (exact) mass is 722 g/mol. The van der Waals surface area contributed by atoms with Crippen LogP contribution in [0.5, 0.6) is 0 Å². The predicted molar refractivity (Wildman–Crippen MR) is 155 cm³/mol. The molecule has 0 radical (unpaired) electrons. The van der Waals surface area contributed by atoms with Gasteiger partial charge in [-0.3, -0.25) is 0 Å². The molecule has 34 heavy (non-hydrogen) atoms. The Labute approximate surface area is 232 Å². The van der Waals surface area contributed by atoms with E-state index in [1.165, 1.54) is 12.8 Å². The maximum atomic E-state index is 9.12. The van der Waals surface area contributed by atoms with Gasteiger partial charge in [-0.2, -0.15) is 0 Å². The van der Waals surface area contributed by atoms with Crippen LogP contribution < -0.4 is 0 Å². The number of epoxide rings is 1. The first-order valence-electron chi connectivity index (χ1n) is 12.3. The summed E-state index contributed by atoms with van der Waals surface area (Å²) >= 11 is 4.24. The van der Waals surface area contributed by atoms with E-state index in [0.717, 1.165) is 38.9 Å². The second-order valence-corrected chi connectivity index (χ2v) is 7.98. The van der Waals surface area contributed by atoms with Crippen LogP contribution in [0.1, 0.15) is 66.2 Å². The highest BCUT2D eigenvalue weighted by Crippen LogP contribution is 2.08. The van der Waals surface area contributed by atoms with E-state index in [1.807, 2.05) is 13.8 Å². The molecule has 1 saturated heterocycles. The molecule has 1 heterocycles. The zero-order valence-corrected chi connectivity index (χ0v) is 26.6. The molecular weight excluding hydrogens is 670 g/mol. The van der Waals surface area contributed by atoms with E-state index in [1.54, 1.807) is 14.2 Å². The fourth-order valence-electron chi connectivity index (χ4n) is 2.40. The Morgan fingerprint density at radius 1 is 0.912 bits per heavy atom. The molecule has 10 heteroatoms. The number of hydrogen-bond acceptors (Lipinski definition) is 8. The van der Waals surface area contributed by atoms with Crippen LogP contribution in [0.15, 0.2) is 0 Å². The van der Waals surface area contributed by atoms with Crippen molar-refractivity contribution in [1.82, 2.24) is 0 Å². The lowest BCUT2D eigenvalue weighted by molar-refractivity contribution is -0.0793. The summed E-state index contributed by atoms with van der Waals surface area (Å²) in [6.45, 7) is 12.6. The lowest BCUT2D eigenvalue weighted by Gasteiger charge is -2.20. The lowest BCUT2D eigenvalue weighted by Crippen LogP contribution is -2.28. The van der Waals surface area contributed by atoms with Crippen LogP contribution in [0.2, 0.25) is 0 Å². The number of unbranched alkanes of at least 4 members (excludes halogenated alkanes) is 2. The summed E-state index contributed by atoms with van der Waals surface area (Å²) in [5.74, 6) is 0. The van der Waals surface area contributed by atoms with Crippen LogP contribution in [0.3, 0.4) is 0 Å². The van der Waals surface area contributed by atoms with Crippen LogP contribution in [0, 0.1) is 0 Å². The van der Waals surface area contributed by atoms with Gasteiger partial charge in [0.15, 0.2) is 0 Å². The third kappa shape index (κ3) is 37.7. The summed E-state index contributed by atoms with van der Waals surface area (Å²) in [7, 11) is 3.30. The van der Waals surface area contributed by atoms with Crippen LogP contribution in [0.4, 0.5) is 0 Å². The first-order valence-corrected chi connectivity index (χ1v) is 18.6. The van der Waals surface area contributed by atoms with Crippen LogP contribution in [-0.2, 0) is 28.4 Å². The summed E-state index contributed by atoms with van der Waals surface area (Å²) < 4.78 is 30.7. The van der Waals surface area contributed by atoms with E-state index in [2.05, 4.69) is 51.1 Å². The maximum absolute atomic E-state index is 9.12. The topological polar surface area (TPSA) is 99.1 Å². The number of aliphatic hydroxyl groups is 2. The Bertz CT molecular complexity index is 351.